The number of rotatable bonds is 7. The molecule has 0 aromatic heterocycles. The predicted octanol–water partition coefficient (Wildman–Crippen LogP) is 3.51. The monoisotopic (exact) mass is 432 g/mol. The molecule has 4 rings (SSSR count). The number of carbonyl (C=O) groups excluding carboxylic acids is 1. The predicted molar refractivity (Wildman–Crippen MR) is 123 cm³/mol. The number of benzene rings is 2. The highest BCUT2D eigenvalue weighted by Gasteiger charge is 2.23. The number of anilines is 2. The Balaban J connectivity index is 0.00000240. The van der Waals surface area contributed by atoms with Crippen LogP contribution in [0.2, 0.25) is 0 Å². The van der Waals surface area contributed by atoms with E-state index in [1.807, 2.05) is 0 Å². The molecular weight excluding hydrogens is 404 g/mol. The molecule has 2 aromatic rings. The minimum atomic E-state index is 0. The van der Waals surface area contributed by atoms with Crippen LogP contribution in [0, 0.1) is 0 Å². The second-order valence-electron chi connectivity index (χ2n) is 7.23. The Morgan fingerprint density at radius 2 is 1.59 bits per heavy atom. The number of nitrogens with one attached hydrogen (secondary N) is 2. The number of amides is 1. The lowest BCUT2D eigenvalue weighted by atomic mass is 10.2. The maximum Gasteiger partial charge on any atom is 0.221 e. The summed E-state index contributed by atoms with van der Waals surface area (Å²) in [5.74, 6) is 0.133. The van der Waals surface area contributed by atoms with Gasteiger partial charge in [0.2, 0.25) is 5.91 Å². The highest BCUT2D eigenvalue weighted by Crippen LogP contribution is 2.47. The number of hydrogen-bond acceptors (Lipinski definition) is 5. The summed E-state index contributed by atoms with van der Waals surface area (Å²) >= 11 is 1.80. The number of nitrogens with zero attached hydrogens (tertiary/aromatic N) is 2. The van der Waals surface area contributed by atoms with Crippen LogP contribution in [0.4, 0.5) is 11.4 Å². The lowest BCUT2D eigenvalue weighted by Crippen LogP contribution is -2.44. The third kappa shape index (κ3) is 5.66. The molecule has 2 heterocycles. The first kappa shape index (κ1) is 22.0. The third-order valence-corrected chi connectivity index (χ3v) is 6.41. The van der Waals surface area contributed by atoms with Crippen LogP contribution in [-0.4, -0.2) is 56.6 Å². The molecule has 0 unspecified atom stereocenters. The summed E-state index contributed by atoms with van der Waals surface area (Å²) in [6.45, 7) is 6.88. The standard InChI is InChI=1S/C22H28N4OS.ClH/c27-22(24-11-5-14-25-16-12-23-13-17-25)10-15-26-18-6-1-3-8-20(18)28-21-9-4-2-7-19(21)26;/h1-4,6-9,23H,5,10-17H2,(H,24,27);1H. The van der Waals surface area contributed by atoms with Crippen LogP contribution >= 0.6 is 24.2 Å². The first-order valence-electron chi connectivity index (χ1n) is 10.1. The molecule has 0 radical (unpaired) electrons. The molecule has 0 aliphatic carbocycles. The molecule has 0 bridgehead atoms. The average Bonchev–Trinajstić information content (AvgIpc) is 2.75. The quantitative estimate of drug-likeness (QED) is 0.655. The van der Waals surface area contributed by atoms with E-state index in [0.717, 1.165) is 45.7 Å². The Bertz CT molecular complexity index is 767. The van der Waals surface area contributed by atoms with Gasteiger partial charge >= 0.3 is 0 Å². The molecule has 1 saturated heterocycles. The van der Waals surface area contributed by atoms with Crippen molar-refractivity contribution in [2.45, 2.75) is 22.6 Å². The topological polar surface area (TPSA) is 47.6 Å². The third-order valence-electron chi connectivity index (χ3n) is 5.28. The first-order valence-corrected chi connectivity index (χ1v) is 11.0. The minimum absolute atomic E-state index is 0. The van der Waals surface area contributed by atoms with E-state index in [9.17, 15) is 4.79 Å². The number of halogens is 1. The molecule has 29 heavy (non-hydrogen) atoms. The zero-order valence-electron chi connectivity index (χ0n) is 16.6. The van der Waals surface area contributed by atoms with E-state index in [1.54, 1.807) is 11.8 Å². The summed E-state index contributed by atoms with van der Waals surface area (Å²) in [5.41, 5.74) is 2.38. The summed E-state index contributed by atoms with van der Waals surface area (Å²) in [6, 6.07) is 16.9. The fourth-order valence-corrected chi connectivity index (χ4v) is 4.88. The lowest BCUT2D eigenvalue weighted by Gasteiger charge is -2.32. The molecule has 0 spiro atoms. The maximum atomic E-state index is 12.4. The Morgan fingerprint density at radius 3 is 2.24 bits per heavy atom. The second-order valence-corrected chi connectivity index (χ2v) is 8.32. The Hall–Kier alpha value is -1.73. The van der Waals surface area contributed by atoms with E-state index in [-0.39, 0.29) is 18.3 Å². The molecule has 2 aliphatic rings. The van der Waals surface area contributed by atoms with Gasteiger partial charge in [0.25, 0.3) is 0 Å². The zero-order chi connectivity index (χ0) is 19.2. The molecule has 0 saturated carbocycles. The van der Waals surface area contributed by atoms with E-state index in [2.05, 4.69) is 69.0 Å². The molecule has 0 atom stereocenters. The van der Waals surface area contributed by atoms with Crippen molar-refractivity contribution in [2.24, 2.45) is 0 Å². The smallest absolute Gasteiger partial charge is 0.221 e. The van der Waals surface area contributed by atoms with Crippen LogP contribution < -0.4 is 15.5 Å². The summed E-state index contributed by atoms with van der Waals surface area (Å²) in [4.78, 5) is 19.6. The van der Waals surface area contributed by atoms with Crippen molar-refractivity contribution in [1.29, 1.82) is 0 Å². The minimum Gasteiger partial charge on any atom is -0.356 e. The van der Waals surface area contributed by atoms with Crippen LogP contribution in [0.1, 0.15) is 12.8 Å². The highest BCUT2D eigenvalue weighted by molar-refractivity contribution is 7.99. The summed E-state index contributed by atoms with van der Waals surface area (Å²) in [6.07, 6.45) is 1.51. The summed E-state index contributed by atoms with van der Waals surface area (Å²) < 4.78 is 0. The summed E-state index contributed by atoms with van der Waals surface area (Å²) in [5, 5.41) is 6.46. The van der Waals surface area contributed by atoms with Crippen molar-refractivity contribution in [2.75, 3.05) is 50.7 Å². The first-order chi connectivity index (χ1) is 13.8. The van der Waals surface area contributed by atoms with Gasteiger partial charge in [-0.25, -0.2) is 0 Å². The summed E-state index contributed by atoms with van der Waals surface area (Å²) in [7, 11) is 0. The van der Waals surface area contributed by atoms with E-state index in [0.29, 0.717) is 13.0 Å². The van der Waals surface area contributed by atoms with Gasteiger partial charge in [0.1, 0.15) is 0 Å². The van der Waals surface area contributed by atoms with Gasteiger partial charge in [0.15, 0.2) is 0 Å². The van der Waals surface area contributed by atoms with Gasteiger partial charge in [-0.2, -0.15) is 0 Å². The molecule has 1 amide bonds. The number of para-hydroxylation sites is 2. The highest BCUT2D eigenvalue weighted by atomic mass is 35.5. The van der Waals surface area contributed by atoms with Gasteiger partial charge in [-0.1, -0.05) is 36.0 Å². The van der Waals surface area contributed by atoms with Gasteiger partial charge in [-0.3, -0.25) is 4.79 Å². The molecule has 2 N–H and O–H groups in total. The number of fused-ring (bicyclic) bond motifs is 2. The zero-order valence-corrected chi connectivity index (χ0v) is 18.2. The molecule has 1 fully saturated rings. The average molecular weight is 433 g/mol. The van der Waals surface area contributed by atoms with E-state index in [4.69, 9.17) is 0 Å². The Labute approximate surface area is 183 Å². The molecule has 2 aliphatic heterocycles. The van der Waals surface area contributed by atoms with Crippen molar-refractivity contribution in [3.8, 4) is 0 Å². The van der Waals surface area contributed by atoms with Crippen molar-refractivity contribution in [1.82, 2.24) is 15.5 Å². The second kappa shape index (κ2) is 10.9. The van der Waals surface area contributed by atoms with Gasteiger partial charge in [-0.15, -0.1) is 12.4 Å². The number of hydrogen-bond donors (Lipinski definition) is 2. The molecule has 5 nitrogen and oxygen atoms in total. The van der Waals surface area contributed by atoms with Crippen LogP contribution in [-0.2, 0) is 4.79 Å². The van der Waals surface area contributed by atoms with Crippen LogP contribution in [0.3, 0.4) is 0 Å². The lowest BCUT2D eigenvalue weighted by molar-refractivity contribution is -0.120. The van der Waals surface area contributed by atoms with Crippen molar-refractivity contribution < 1.29 is 4.79 Å². The molecule has 7 heteroatoms. The largest absolute Gasteiger partial charge is 0.356 e. The molecule has 2 aromatic carbocycles. The van der Waals surface area contributed by atoms with Crippen molar-refractivity contribution in [3.63, 3.8) is 0 Å². The van der Waals surface area contributed by atoms with Gasteiger partial charge in [0, 0.05) is 55.5 Å². The van der Waals surface area contributed by atoms with Gasteiger partial charge in [-0.05, 0) is 37.2 Å². The van der Waals surface area contributed by atoms with Crippen molar-refractivity contribution in [3.05, 3.63) is 48.5 Å². The van der Waals surface area contributed by atoms with Crippen LogP contribution in [0.5, 0.6) is 0 Å². The normalized spacial score (nSPS) is 15.8. The van der Waals surface area contributed by atoms with Gasteiger partial charge < -0.3 is 20.4 Å². The van der Waals surface area contributed by atoms with E-state index in [1.165, 1.54) is 21.2 Å². The van der Waals surface area contributed by atoms with Crippen molar-refractivity contribution >= 4 is 41.5 Å². The van der Waals surface area contributed by atoms with E-state index >= 15 is 0 Å². The van der Waals surface area contributed by atoms with E-state index < -0.39 is 0 Å². The fraction of sp³-hybridized carbons (Fsp3) is 0.409. The van der Waals surface area contributed by atoms with Crippen LogP contribution in [0.15, 0.2) is 58.3 Å². The SMILES string of the molecule is Cl.O=C(CCN1c2ccccc2Sc2ccccc21)NCCCN1CCNCC1. The fourth-order valence-electron chi connectivity index (χ4n) is 3.79. The Morgan fingerprint density at radius 1 is 0.966 bits per heavy atom. The molecule has 156 valence electrons. The number of carbonyl (C=O) groups is 1. The van der Waals surface area contributed by atoms with Gasteiger partial charge in [0.05, 0.1) is 11.4 Å². The molecular formula is C22H29ClN4OS. The Kier molecular flexibility index (Phi) is 8.24. The van der Waals surface area contributed by atoms with Crippen LogP contribution in [0.25, 0.3) is 0 Å². The maximum absolute atomic E-state index is 12.4. The number of piperazine rings is 1.